The number of piperazine rings is 1. The highest BCUT2D eigenvalue weighted by atomic mass is 16.6. The highest BCUT2D eigenvalue weighted by Crippen LogP contribution is 2.33. The Bertz CT molecular complexity index is 1240. The molecule has 3 heterocycles. The maximum Gasteiger partial charge on any atom is 0.293 e. The molecular formula is C25H27N5O5. The van der Waals surface area contributed by atoms with E-state index in [0.717, 1.165) is 23.9 Å². The van der Waals surface area contributed by atoms with Crippen molar-refractivity contribution in [2.45, 2.75) is 25.7 Å². The van der Waals surface area contributed by atoms with E-state index >= 15 is 0 Å². The number of anilines is 1. The van der Waals surface area contributed by atoms with Gasteiger partial charge in [0.2, 0.25) is 5.91 Å². The minimum atomic E-state index is -0.442. The zero-order chi connectivity index (χ0) is 24.5. The van der Waals surface area contributed by atoms with Crippen molar-refractivity contribution < 1.29 is 18.9 Å². The van der Waals surface area contributed by atoms with Crippen LogP contribution >= 0.6 is 0 Å². The van der Waals surface area contributed by atoms with Crippen molar-refractivity contribution in [2.24, 2.45) is 0 Å². The number of fused-ring (bicyclic) bond motifs is 1. The molecule has 10 heteroatoms. The molecule has 5 rings (SSSR count). The Labute approximate surface area is 202 Å². The third-order valence-electron chi connectivity index (χ3n) is 6.93. The van der Waals surface area contributed by atoms with E-state index in [1.807, 2.05) is 29.2 Å². The minimum absolute atomic E-state index is 0.0000295. The summed E-state index contributed by atoms with van der Waals surface area (Å²) < 4.78 is 5.90. The van der Waals surface area contributed by atoms with Gasteiger partial charge in [-0.15, -0.1) is 0 Å². The Morgan fingerprint density at radius 3 is 2.37 bits per heavy atom. The number of piperidine rings is 1. The van der Waals surface area contributed by atoms with Crippen LogP contribution in [-0.2, 0) is 4.79 Å². The first-order chi connectivity index (χ1) is 16.9. The first-order valence-corrected chi connectivity index (χ1v) is 11.8. The molecule has 0 saturated carbocycles. The number of nitrogens with zero attached hydrogens (tertiary/aromatic N) is 5. The van der Waals surface area contributed by atoms with E-state index in [-0.39, 0.29) is 23.4 Å². The van der Waals surface area contributed by atoms with Crippen molar-refractivity contribution in [1.82, 2.24) is 14.8 Å². The normalized spacial score (nSPS) is 17.1. The summed E-state index contributed by atoms with van der Waals surface area (Å²) in [5.41, 5.74) is 2.29. The number of nitro benzene ring substituents is 1. The van der Waals surface area contributed by atoms with E-state index in [9.17, 15) is 19.7 Å². The van der Waals surface area contributed by atoms with Crippen LogP contribution < -0.4 is 4.90 Å². The van der Waals surface area contributed by atoms with E-state index in [0.29, 0.717) is 56.4 Å². The topological polar surface area (TPSA) is 113 Å². The van der Waals surface area contributed by atoms with Crippen LogP contribution in [-0.4, -0.2) is 70.8 Å². The Morgan fingerprint density at radius 1 is 1.00 bits per heavy atom. The molecule has 0 aliphatic carbocycles. The largest absolute Gasteiger partial charge is 0.440 e. The SMILES string of the molecule is CC(=O)N1CCN(c2ccc(C(=O)N3CCC(c4nc5ccccc5o4)CC3)cc2[N+](=O)[O-])CC1. The number of nitro groups is 1. The van der Waals surface area contributed by atoms with Crippen LogP contribution in [0.3, 0.4) is 0 Å². The van der Waals surface area contributed by atoms with Crippen LogP contribution in [0.25, 0.3) is 11.1 Å². The molecule has 0 spiro atoms. The number of benzene rings is 2. The second-order valence-electron chi connectivity index (χ2n) is 9.04. The maximum atomic E-state index is 13.2. The molecule has 2 fully saturated rings. The molecule has 2 saturated heterocycles. The van der Waals surface area contributed by atoms with Crippen LogP contribution in [0.1, 0.15) is 41.9 Å². The predicted octanol–water partition coefficient (Wildman–Crippen LogP) is 3.42. The summed E-state index contributed by atoms with van der Waals surface area (Å²) in [4.78, 5) is 46.1. The number of carbonyl (C=O) groups is 2. The van der Waals surface area contributed by atoms with Gasteiger partial charge in [-0.05, 0) is 37.1 Å². The summed E-state index contributed by atoms with van der Waals surface area (Å²) >= 11 is 0. The molecule has 182 valence electrons. The van der Waals surface area contributed by atoms with Gasteiger partial charge >= 0.3 is 0 Å². The number of carbonyl (C=O) groups excluding carboxylic acids is 2. The molecule has 10 nitrogen and oxygen atoms in total. The Kier molecular flexibility index (Phi) is 6.10. The van der Waals surface area contributed by atoms with Gasteiger partial charge in [-0.3, -0.25) is 19.7 Å². The van der Waals surface area contributed by atoms with Crippen molar-refractivity contribution in [3.8, 4) is 0 Å². The van der Waals surface area contributed by atoms with Gasteiger partial charge < -0.3 is 19.1 Å². The van der Waals surface area contributed by atoms with Crippen molar-refractivity contribution in [1.29, 1.82) is 0 Å². The Morgan fingerprint density at radius 2 is 1.71 bits per heavy atom. The predicted molar refractivity (Wildman–Crippen MR) is 129 cm³/mol. The molecule has 1 aromatic heterocycles. The van der Waals surface area contributed by atoms with Crippen LogP contribution in [0.4, 0.5) is 11.4 Å². The smallest absolute Gasteiger partial charge is 0.293 e. The number of likely N-dealkylation sites (tertiary alicyclic amines) is 1. The van der Waals surface area contributed by atoms with Crippen LogP contribution in [0.2, 0.25) is 0 Å². The quantitative estimate of drug-likeness (QED) is 0.418. The lowest BCUT2D eigenvalue weighted by molar-refractivity contribution is -0.384. The van der Waals surface area contributed by atoms with Gasteiger partial charge in [-0.25, -0.2) is 4.98 Å². The first-order valence-electron chi connectivity index (χ1n) is 11.8. The highest BCUT2D eigenvalue weighted by Gasteiger charge is 2.30. The molecule has 2 aliphatic rings. The average Bonchev–Trinajstić information content (AvgIpc) is 3.32. The fourth-order valence-corrected chi connectivity index (χ4v) is 4.91. The average molecular weight is 478 g/mol. The van der Waals surface area contributed by atoms with E-state index in [1.54, 1.807) is 21.9 Å². The summed E-state index contributed by atoms with van der Waals surface area (Å²) in [7, 11) is 0. The molecule has 2 aromatic carbocycles. The third-order valence-corrected chi connectivity index (χ3v) is 6.93. The zero-order valence-corrected chi connectivity index (χ0v) is 19.6. The number of amides is 2. The minimum Gasteiger partial charge on any atom is -0.440 e. The first kappa shape index (κ1) is 22.8. The molecule has 3 aromatic rings. The molecule has 2 amide bonds. The highest BCUT2D eigenvalue weighted by molar-refractivity contribution is 5.96. The zero-order valence-electron chi connectivity index (χ0n) is 19.6. The van der Waals surface area contributed by atoms with Gasteiger partial charge in [0.1, 0.15) is 11.2 Å². The van der Waals surface area contributed by atoms with Crippen LogP contribution in [0.5, 0.6) is 0 Å². The maximum absolute atomic E-state index is 13.2. The Balaban J connectivity index is 1.27. The van der Waals surface area contributed by atoms with E-state index in [2.05, 4.69) is 4.98 Å². The number of oxazole rings is 1. The molecule has 35 heavy (non-hydrogen) atoms. The summed E-state index contributed by atoms with van der Waals surface area (Å²) in [6.45, 7) is 4.64. The van der Waals surface area contributed by atoms with E-state index in [4.69, 9.17) is 4.42 Å². The van der Waals surface area contributed by atoms with Crippen molar-refractivity contribution in [3.05, 3.63) is 64.0 Å². The van der Waals surface area contributed by atoms with Crippen molar-refractivity contribution in [3.63, 3.8) is 0 Å². The molecule has 2 aliphatic heterocycles. The Hall–Kier alpha value is -3.95. The van der Waals surface area contributed by atoms with Gasteiger partial charge in [-0.1, -0.05) is 12.1 Å². The molecule has 0 bridgehead atoms. The van der Waals surface area contributed by atoms with Gasteiger partial charge in [-0.2, -0.15) is 0 Å². The molecule has 0 radical (unpaired) electrons. The van der Waals surface area contributed by atoms with Gasteiger partial charge in [0, 0.05) is 63.7 Å². The third kappa shape index (κ3) is 4.55. The lowest BCUT2D eigenvalue weighted by atomic mass is 9.96. The second kappa shape index (κ2) is 9.36. The van der Waals surface area contributed by atoms with Crippen molar-refractivity contribution >= 4 is 34.3 Å². The van der Waals surface area contributed by atoms with Gasteiger partial charge in [0.15, 0.2) is 11.5 Å². The number of aromatic nitrogens is 1. The molecule has 0 N–H and O–H groups in total. The molecule has 0 atom stereocenters. The monoisotopic (exact) mass is 477 g/mol. The number of hydrogen-bond acceptors (Lipinski definition) is 7. The lowest BCUT2D eigenvalue weighted by Gasteiger charge is -2.35. The number of hydrogen-bond donors (Lipinski definition) is 0. The number of rotatable bonds is 4. The lowest BCUT2D eigenvalue weighted by Crippen LogP contribution is -2.48. The van der Waals surface area contributed by atoms with E-state index in [1.165, 1.54) is 13.0 Å². The fourth-order valence-electron chi connectivity index (χ4n) is 4.91. The number of para-hydroxylation sites is 2. The second-order valence-corrected chi connectivity index (χ2v) is 9.04. The van der Waals surface area contributed by atoms with Crippen LogP contribution in [0, 0.1) is 10.1 Å². The summed E-state index contributed by atoms with van der Waals surface area (Å²) in [6.07, 6.45) is 1.44. The van der Waals surface area contributed by atoms with Crippen molar-refractivity contribution in [2.75, 3.05) is 44.2 Å². The standard InChI is InChI=1S/C25H27N5O5/c1-17(31)27-12-14-28(15-13-27)21-7-6-19(16-22(21)30(33)34)25(32)29-10-8-18(9-11-29)24-26-20-4-2-3-5-23(20)35-24/h2-7,16,18H,8-15H2,1H3. The van der Waals surface area contributed by atoms with E-state index < -0.39 is 4.92 Å². The summed E-state index contributed by atoms with van der Waals surface area (Å²) in [6, 6.07) is 12.3. The van der Waals surface area contributed by atoms with Gasteiger partial charge in [0.25, 0.3) is 11.6 Å². The molecule has 0 unspecified atom stereocenters. The van der Waals surface area contributed by atoms with Gasteiger partial charge in [0.05, 0.1) is 4.92 Å². The van der Waals surface area contributed by atoms with Crippen LogP contribution in [0.15, 0.2) is 46.9 Å². The summed E-state index contributed by atoms with van der Waals surface area (Å²) in [5.74, 6) is 0.622. The molecular weight excluding hydrogens is 450 g/mol. The summed E-state index contributed by atoms with van der Waals surface area (Å²) in [5, 5.41) is 11.8. The fraction of sp³-hybridized carbons (Fsp3) is 0.400.